The molecule has 0 spiro atoms. The predicted molar refractivity (Wildman–Crippen MR) is 69.9 cm³/mol. The molecule has 1 aliphatic rings. The van der Waals surface area contributed by atoms with Crippen LogP contribution in [0.3, 0.4) is 0 Å². The van der Waals surface area contributed by atoms with E-state index < -0.39 is 0 Å². The number of aromatic nitrogens is 1. The van der Waals surface area contributed by atoms with Crippen LogP contribution < -0.4 is 0 Å². The molecule has 17 heavy (non-hydrogen) atoms. The van der Waals surface area contributed by atoms with E-state index in [-0.39, 0.29) is 6.10 Å². The van der Waals surface area contributed by atoms with Gasteiger partial charge in [0, 0.05) is 18.3 Å². The molecule has 0 bridgehead atoms. The first-order valence-corrected chi connectivity index (χ1v) is 6.84. The highest BCUT2D eigenvalue weighted by Gasteiger charge is 2.18. The van der Waals surface area contributed by atoms with Crippen LogP contribution in [0.25, 0.3) is 0 Å². The third kappa shape index (κ3) is 3.81. The van der Waals surface area contributed by atoms with E-state index in [0.29, 0.717) is 6.42 Å². The normalized spacial score (nSPS) is 19.2. The van der Waals surface area contributed by atoms with E-state index in [1.165, 1.54) is 37.7 Å². The van der Waals surface area contributed by atoms with E-state index in [0.717, 1.165) is 18.0 Å². The number of aliphatic hydroxyl groups excluding tert-OH is 1. The van der Waals surface area contributed by atoms with Crippen LogP contribution >= 0.6 is 0 Å². The Labute approximate surface area is 104 Å². The highest BCUT2D eigenvalue weighted by atomic mass is 16.3. The van der Waals surface area contributed by atoms with Crippen molar-refractivity contribution in [2.75, 3.05) is 0 Å². The summed E-state index contributed by atoms with van der Waals surface area (Å²) in [5.74, 6) is 0.739. The van der Waals surface area contributed by atoms with Crippen molar-refractivity contribution in [3.63, 3.8) is 0 Å². The Morgan fingerprint density at radius 3 is 2.82 bits per heavy atom. The van der Waals surface area contributed by atoms with E-state index in [4.69, 9.17) is 0 Å². The van der Waals surface area contributed by atoms with Crippen LogP contribution in [0.5, 0.6) is 0 Å². The van der Waals surface area contributed by atoms with Gasteiger partial charge in [-0.2, -0.15) is 0 Å². The van der Waals surface area contributed by atoms with E-state index in [1.807, 2.05) is 12.3 Å². The van der Waals surface area contributed by atoms with Crippen LogP contribution in [0.2, 0.25) is 0 Å². The summed E-state index contributed by atoms with van der Waals surface area (Å²) in [5, 5.41) is 10.1. The number of hydrogen-bond donors (Lipinski definition) is 1. The fourth-order valence-corrected chi connectivity index (χ4v) is 2.85. The Morgan fingerprint density at radius 1 is 1.35 bits per heavy atom. The SMILES string of the molecule is Cc1cccnc1CC(O)CC1CCCCC1. The summed E-state index contributed by atoms with van der Waals surface area (Å²) < 4.78 is 0. The van der Waals surface area contributed by atoms with E-state index in [2.05, 4.69) is 18.0 Å². The number of hydrogen-bond acceptors (Lipinski definition) is 2. The van der Waals surface area contributed by atoms with E-state index in [1.54, 1.807) is 0 Å². The Kier molecular flexibility index (Phi) is 4.55. The third-order valence-corrected chi connectivity index (χ3v) is 3.88. The maximum Gasteiger partial charge on any atom is 0.0598 e. The molecule has 1 aromatic rings. The average Bonchev–Trinajstić information content (AvgIpc) is 2.33. The quantitative estimate of drug-likeness (QED) is 0.866. The molecule has 1 aliphatic carbocycles. The van der Waals surface area contributed by atoms with Gasteiger partial charge in [-0.25, -0.2) is 0 Å². The van der Waals surface area contributed by atoms with Crippen molar-refractivity contribution >= 4 is 0 Å². The molecule has 0 amide bonds. The topological polar surface area (TPSA) is 33.1 Å². The van der Waals surface area contributed by atoms with Gasteiger partial charge < -0.3 is 5.11 Å². The number of nitrogens with zero attached hydrogens (tertiary/aromatic N) is 1. The zero-order valence-corrected chi connectivity index (χ0v) is 10.7. The fraction of sp³-hybridized carbons (Fsp3) is 0.667. The van der Waals surface area contributed by atoms with Gasteiger partial charge in [-0.15, -0.1) is 0 Å². The minimum absolute atomic E-state index is 0.216. The molecule has 1 unspecified atom stereocenters. The summed E-state index contributed by atoms with van der Waals surface area (Å²) in [5.41, 5.74) is 2.24. The molecule has 0 aliphatic heterocycles. The lowest BCUT2D eigenvalue weighted by molar-refractivity contribution is 0.129. The van der Waals surface area contributed by atoms with E-state index in [9.17, 15) is 5.11 Å². The molecular formula is C15H23NO. The molecule has 0 aromatic carbocycles. The second-order valence-electron chi connectivity index (χ2n) is 5.36. The smallest absolute Gasteiger partial charge is 0.0598 e. The zero-order valence-electron chi connectivity index (χ0n) is 10.7. The summed E-state index contributed by atoms with van der Waals surface area (Å²) in [6.45, 7) is 2.07. The van der Waals surface area contributed by atoms with Gasteiger partial charge in [0.15, 0.2) is 0 Å². The zero-order chi connectivity index (χ0) is 12.1. The summed E-state index contributed by atoms with van der Waals surface area (Å²) in [6, 6.07) is 4.02. The largest absolute Gasteiger partial charge is 0.393 e. The van der Waals surface area contributed by atoms with E-state index >= 15 is 0 Å². The van der Waals surface area contributed by atoms with Gasteiger partial charge in [0.05, 0.1) is 6.10 Å². The first kappa shape index (κ1) is 12.6. The molecule has 1 fully saturated rings. The monoisotopic (exact) mass is 233 g/mol. The van der Waals surface area contributed by atoms with Gasteiger partial charge in [0.1, 0.15) is 0 Å². The van der Waals surface area contributed by atoms with Crippen molar-refractivity contribution in [2.45, 2.75) is 58.0 Å². The molecule has 1 aromatic heterocycles. The van der Waals surface area contributed by atoms with Crippen LogP contribution in [-0.4, -0.2) is 16.2 Å². The minimum Gasteiger partial charge on any atom is -0.393 e. The van der Waals surface area contributed by atoms with Crippen molar-refractivity contribution in [3.8, 4) is 0 Å². The van der Waals surface area contributed by atoms with Crippen molar-refractivity contribution < 1.29 is 5.11 Å². The van der Waals surface area contributed by atoms with Crippen LogP contribution in [0, 0.1) is 12.8 Å². The molecule has 0 saturated heterocycles. The van der Waals surface area contributed by atoms with Gasteiger partial charge in [-0.1, -0.05) is 38.2 Å². The number of pyridine rings is 1. The van der Waals surface area contributed by atoms with Gasteiger partial charge in [-0.05, 0) is 30.9 Å². The standard InChI is InChI=1S/C15H23NO/c1-12-6-5-9-16-15(12)11-14(17)10-13-7-3-2-4-8-13/h5-6,9,13-14,17H,2-4,7-8,10-11H2,1H3. The predicted octanol–water partition coefficient (Wildman–Crippen LogP) is 3.26. The second kappa shape index (κ2) is 6.15. The van der Waals surface area contributed by atoms with Crippen molar-refractivity contribution in [3.05, 3.63) is 29.6 Å². The Morgan fingerprint density at radius 2 is 2.12 bits per heavy atom. The summed E-state index contributed by atoms with van der Waals surface area (Å²) in [4.78, 5) is 4.35. The number of rotatable bonds is 4. The summed E-state index contributed by atoms with van der Waals surface area (Å²) >= 11 is 0. The van der Waals surface area contributed by atoms with Crippen LogP contribution in [-0.2, 0) is 6.42 Å². The molecule has 1 atom stereocenters. The maximum absolute atomic E-state index is 10.1. The lowest BCUT2D eigenvalue weighted by Crippen LogP contribution is -2.19. The van der Waals surface area contributed by atoms with Gasteiger partial charge >= 0.3 is 0 Å². The van der Waals surface area contributed by atoms with Gasteiger partial charge in [0.2, 0.25) is 0 Å². The minimum atomic E-state index is -0.216. The number of aliphatic hydroxyl groups is 1. The molecule has 1 heterocycles. The molecule has 94 valence electrons. The second-order valence-corrected chi connectivity index (χ2v) is 5.36. The summed E-state index contributed by atoms with van der Waals surface area (Å²) in [7, 11) is 0. The lowest BCUT2D eigenvalue weighted by atomic mass is 9.84. The Bertz CT molecular complexity index is 345. The molecule has 1 saturated carbocycles. The highest BCUT2D eigenvalue weighted by Crippen LogP contribution is 2.28. The summed E-state index contributed by atoms with van der Waals surface area (Å²) in [6.07, 6.45) is 9.95. The van der Waals surface area contributed by atoms with Gasteiger partial charge in [0.25, 0.3) is 0 Å². The first-order chi connectivity index (χ1) is 8.25. The average molecular weight is 233 g/mol. The van der Waals surface area contributed by atoms with Crippen LogP contribution in [0.1, 0.15) is 49.8 Å². The third-order valence-electron chi connectivity index (χ3n) is 3.88. The van der Waals surface area contributed by atoms with Crippen molar-refractivity contribution in [2.24, 2.45) is 5.92 Å². The van der Waals surface area contributed by atoms with Crippen LogP contribution in [0.15, 0.2) is 18.3 Å². The Hall–Kier alpha value is -0.890. The molecule has 0 radical (unpaired) electrons. The first-order valence-electron chi connectivity index (χ1n) is 6.84. The molecule has 1 N–H and O–H groups in total. The van der Waals surface area contributed by atoms with Crippen molar-refractivity contribution in [1.29, 1.82) is 0 Å². The molecule has 2 heteroatoms. The molecular weight excluding hydrogens is 210 g/mol. The highest BCUT2D eigenvalue weighted by molar-refractivity contribution is 5.18. The van der Waals surface area contributed by atoms with Crippen molar-refractivity contribution in [1.82, 2.24) is 4.98 Å². The lowest BCUT2D eigenvalue weighted by Gasteiger charge is -2.24. The maximum atomic E-state index is 10.1. The van der Waals surface area contributed by atoms with Crippen LogP contribution in [0.4, 0.5) is 0 Å². The molecule has 2 rings (SSSR count). The number of aryl methyl sites for hydroxylation is 1. The van der Waals surface area contributed by atoms with Gasteiger partial charge in [-0.3, -0.25) is 4.98 Å². The Balaban J connectivity index is 1.84. The molecule has 2 nitrogen and oxygen atoms in total. The fourth-order valence-electron chi connectivity index (χ4n) is 2.85.